The molecule has 0 spiro atoms. The SMILES string of the molecule is CS(=O)(=O)c1cccc(OCc2ccc(CO)cc2)c1. The summed E-state index contributed by atoms with van der Waals surface area (Å²) in [5.74, 6) is 0.513. The van der Waals surface area contributed by atoms with Crippen molar-refractivity contribution in [3.05, 3.63) is 59.7 Å². The van der Waals surface area contributed by atoms with E-state index in [9.17, 15) is 8.42 Å². The summed E-state index contributed by atoms with van der Waals surface area (Å²) >= 11 is 0. The fourth-order valence-corrected chi connectivity index (χ4v) is 2.36. The van der Waals surface area contributed by atoms with Crippen LogP contribution < -0.4 is 4.74 Å². The van der Waals surface area contributed by atoms with Crippen LogP contribution in [-0.4, -0.2) is 19.8 Å². The minimum Gasteiger partial charge on any atom is -0.489 e. The second-order valence-corrected chi connectivity index (χ2v) is 6.53. The number of benzene rings is 2. The van der Waals surface area contributed by atoms with Crippen LogP contribution in [0.25, 0.3) is 0 Å². The van der Waals surface area contributed by atoms with E-state index in [1.54, 1.807) is 12.1 Å². The van der Waals surface area contributed by atoms with E-state index in [2.05, 4.69) is 0 Å². The molecule has 0 aromatic heterocycles. The highest BCUT2D eigenvalue weighted by Crippen LogP contribution is 2.18. The lowest BCUT2D eigenvalue weighted by molar-refractivity contribution is 0.281. The monoisotopic (exact) mass is 292 g/mol. The van der Waals surface area contributed by atoms with E-state index >= 15 is 0 Å². The van der Waals surface area contributed by atoms with Gasteiger partial charge in [-0.25, -0.2) is 8.42 Å². The van der Waals surface area contributed by atoms with Gasteiger partial charge < -0.3 is 9.84 Å². The maximum atomic E-state index is 11.5. The average molecular weight is 292 g/mol. The second-order valence-electron chi connectivity index (χ2n) is 4.51. The van der Waals surface area contributed by atoms with E-state index in [0.29, 0.717) is 12.4 Å². The summed E-state index contributed by atoms with van der Waals surface area (Å²) in [7, 11) is -3.23. The predicted octanol–water partition coefficient (Wildman–Crippen LogP) is 2.16. The third kappa shape index (κ3) is 3.82. The molecule has 0 amide bonds. The summed E-state index contributed by atoms with van der Waals surface area (Å²) < 4.78 is 28.5. The minimum atomic E-state index is -3.23. The van der Waals surface area contributed by atoms with Crippen LogP contribution in [0.5, 0.6) is 5.75 Å². The Balaban J connectivity index is 2.07. The van der Waals surface area contributed by atoms with Crippen LogP contribution in [0, 0.1) is 0 Å². The van der Waals surface area contributed by atoms with Gasteiger partial charge in [-0.15, -0.1) is 0 Å². The number of hydrogen-bond acceptors (Lipinski definition) is 4. The first-order valence-electron chi connectivity index (χ1n) is 6.10. The summed E-state index contributed by atoms with van der Waals surface area (Å²) in [6.07, 6.45) is 1.17. The Hall–Kier alpha value is -1.85. The van der Waals surface area contributed by atoms with Gasteiger partial charge in [0.2, 0.25) is 0 Å². The Labute approximate surface area is 118 Å². The number of rotatable bonds is 5. The zero-order chi connectivity index (χ0) is 14.6. The van der Waals surface area contributed by atoms with E-state index in [4.69, 9.17) is 9.84 Å². The van der Waals surface area contributed by atoms with Gasteiger partial charge >= 0.3 is 0 Å². The van der Waals surface area contributed by atoms with E-state index < -0.39 is 9.84 Å². The van der Waals surface area contributed by atoms with Gasteiger partial charge in [-0.2, -0.15) is 0 Å². The second kappa shape index (κ2) is 6.07. The van der Waals surface area contributed by atoms with Gasteiger partial charge in [0.1, 0.15) is 12.4 Å². The van der Waals surface area contributed by atoms with E-state index in [1.807, 2.05) is 24.3 Å². The molecule has 20 heavy (non-hydrogen) atoms. The van der Waals surface area contributed by atoms with Crippen molar-refractivity contribution in [2.45, 2.75) is 18.1 Å². The van der Waals surface area contributed by atoms with Crippen LogP contribution >= 0.6 is 0 Å². The lowest BCUT2D eigenvalue weighted by Gasteiger charge is -2.08. The minimum absolute atomic E-state index is 0.0115. The topological polar surface area (TPSA) is 63.6 Å². The van der Waals surface area contributed by atoms with E-state index in [-0.39, 0.29) is 11.5 Å². The highest BCUT2D eigenvalue weighted by atomic mass is 32.2. The van der Waals surface area contributed by atoms with E-state index in [0.717, 1.165) is 11.1 Å². The van der Waals surface area contributed by atoms with Gasteiger partial charge in [-0.3, -0.25) is 0 Å². The first kappa shape index (κ1) is 14.6. The van der Waals surface area contributed by atoms with Gasteiger partial charge in [0.15, 0.2) is 9.84 Å². The molecule has 106 valence electrons. The maximum absolute atomic E-state index is 11.5. The lowest BCUT2D eigenvalue weighted by atomic mass is 10.1. The molecule has 0 fully saturated rings. The number of sulfone groups is 1. The summed E-state index contributed by atoms with van der Waals surface area (Å²) in [6, 6.07) is 13.8. The average Bonchev–Trinajstić information content (AvgIpc) is 2.45. The van der Waals surface area contributed by atoms with Gasteiger partial charge in [0.05, 0.1) is 11.5 Å². The largest absolute Gasteiger partial charge is 0.489 e. The first-order chi connectivity index (χ1) is 9.49. The lowest BCUT2D eigenvalue weighted by Crippen LogP contribution is -1.99. The van der Waals surface area contributed by atoms with Gasteiger partial charge in [-0.05, 0) is 29.3 Å². The van der Waals surface area contributed by atoms with Gasteiger partial charge in [-0.1, -0.05) is 30.3 Å². The molecule has 2 rings (SSSR count). The summed E-state index contributed by atoms with van der Waals surface area (Å²) in [5.41, 5.74) is 1.79. The first-order valence-corrected chi connectivity index (χ1v) is 8.00. The predicted molar refractivity (Wildman–Crippen MR) is 76.2 cm³/mol. The zero-order valence-electron chi connectivity index (χ0n) is 11.1. The van der Waals surface area contributed by atoms with Crippen molar-refractivity contribution < 1.29 is 18.3 Å². The van der Waals surface area contributed by atoms with Crippen molar-refractivity contribution in [1.82, 2.24) is 0 Å². The molecule has 0 unspecified atom stereocenters. The zero-order valence-corrected chi connectivity index (χ0v) is 11.9. The summed E-state index contributed by atoms with van der Waals surface area (Å²) in [4.78, 5) is 0.241. The molecule has 0 saturated carbocycles. The molecule has 2 aromatic carbocycles. The highest BCUT2D eigenvalue weighted by Gasteiger charge is 2.07. The standard InChI is InChI=1S/C15H16O4S/c1-20(17,18)15-4-2-3-14(9-15)19-11-13-7-5-12(10-16)6-8-13/h2-9,16H,10-11H2,1H3. The van der Waals surface area contributed by atoms with E-state index in [1.165, 1.54) is 18.4 Å². The molecule has 0 atom stereocenters. The molecule has 0 aliphatic rings. The number of ether oxygens (including phenoxy) is 1. The number of hydrogen-bond donors (Lipinski definition) is 1. The molecule has 1 N–H and O–H groups in total. The van der Waals surface area contributed by atoms with Crippen molar-refractivity contribution in [3.8, 4) is 5.75 Å². The van der Waals surface area contributed by atoms with Crippen LogP contribution in [0.1, 0.15) is 11.1 Å². The smallest absolute Gasteiger partial charge is 0.175 e. The maximum Gasteiger partial charge on any atom is 0.175 e. The summed E-state index contributed by atoms with van der Waals surface area (Å²) in [5, 5.41) is 8.96. The Bertz CT molecular complexity index is 675. The number of aliphatic hydroxyl groups is 1. The molecule has 5 heteroatoms. The van der Waals surface area contributed by atoms with Crippen molar-refractivity contribution in [2.75, 3.05) is 6.26 Å². The van der Waals surface area contributed by atoms with Crippen LogP contribution in [-0.2, 0) is 23.1 Å². The van der Waals surface area contributed by atoms with Gasteiger partial charge in [0, 0.05) is 6.26 Å². The Morgan fingerprint density at radius 1 is 1.05 bits per heavy atom. The third-order valence-corrected chi connectivity index (χ3v) is 3.95. The molecule has 0 aliphatic carbocycles. The van der Waals surface area contributed by atoms with Crippen molar-refractivity contribution in [3.63, 3.8) is 0 Å². The molecule has 0 aliphatic heterocycles. The fraction of sp³-hybridized carbons (Fsp3) is 0.200. The Morgan fingerprint density at radius 2 is 1.70 bits per heavy atom. The third-order valence-electron chi connectivity index (χ3n) is 2.84. The van der Waals surface area contributed by atoms with Crippen molar-refractivity contribution >= 4 is 9.84 Å². The Kier molecular flexibility index (Phi) is 4.42. The molecule has 0 radical (unpaired) electrons. The molecule has 0 bridgehead atoms. The molecule has 4 nitrogen and oxygen atoms in total. The van der Waals surface area contributed by atoms with Crippen LogP contribution in [0.3, 0.4) is 0 Å². The molecule has 2 aromatic rings. The molecular weight excluding hydrogens is 276 g/mol. The molecule has 0 saturated heterocycles. The Morgan fingerprint density at radius 3 is 2.30 bits per heavy atom. The summed E-state index contributed by atoms with van der Waals surface area (Å²) in [6.45, 7) is 0.358. The molecule has 0 heterocycles. The number of aliphatic hydroxyl groups excluding tert-OH is 1. The van der Waals surface area contributed by atoms with Crippen molar-refractivity contribution in [2.24, 2.45) is 0 Å². The van der Waals surface area contributed by atoms with Crippen LogP contribution in [0.4, 0.5) is 0 Å². The molecular formula is C15H16O4S. The van der Waals surface area contributed by atoms with Crippen LogP contribution in [0.2, 0.25) is 0 Å². The van der Waals surface area contributed by atoms with Crippen molar-refractivity contribution in [1.29, 1.82) is 0 Å². The quantitative estimate of drug-likeness (QED) is 0.917. The highest BCUT2D eigenvalue weighted by molar-refractivity contribution is 7.90. The van der Waals surface area contributed by atoms with Gasteiger partial charge in [0.25, 0.3) is 0 Å². The van der Waals surface area contributed by atoms with Crippen LogP contribution in [0.15, 0.2) is 53.4 Å². The normalized spacial score (nSPS) is 11.3. The fourth-order valence-electron chi connectivity index (χ4n) is 1.70.